The number of halogens is 3. The highest BCUT2D eigenvalue weighted by molar-refractivity contribution is 7.92. The zero-order chi connectivity index (χ0) is 21.2. The van der Waals surface area contributed by atoms with Gasteiger partial charge in [-0.1, -0.05) is 0 Å². The molecule has 29 heavy (non-hydrogen) atoms. The van der Waals surface area contributed by atoms with Gasteiger partial charge in [-0.3, -0.25) is 9.62 Å². The van der Waals surface area contributed by atoms with Gasteiger partial charge >= 0.3 is 6.36 Å². The van der Waals surface area contributed by atoms with E-state index < -0.39 is 16.4 Å². The number of ether oxygens (including phenoxy) is 1. The van der Waals surface area contributed by atoms with E-state index in [1.54, 1.807) is 24.4 Å². The second-order valence-corrected chi connectivity index (χ2v) is 8.67. The Morgan fingerprint density at radius 2 is 1.93 bits per heavy atom. The summed E-state index contributed by atoms with van der Waals surface area (Å²) in [6, 6.07) is 9.46. The Hall–Kier alpha value is -2.53. The molecular formula is C18H21F3N4O3S. The van der Waals surface area contributed by atoms with Crippen LogP contribution in [-0.2, 0) is 16.6 Å². The Morgan fingerprint density at radius 1 is 1.24 bits per heavy atom. The molecule has 1 aromatic carbocycles. The molecule has 0 amide bonds. The van der Waals surface area contributed by atoms with E-state index in [-0.39, 0.29) is 17.6 Å². The average molecular weight is 430 g/mol. The van der Waals surface area contributed by atoms with E-state index in [1.165, 1.54) is 12.1 Å². The van der Waals surface area contributed by atoms with Gasteiger partial charge in [-0.15, -0.1) is 13.2 Å². The molecule has 0 radical (unpaired) electrons. The van der Waals surface area contributed by atoms with Crippen LogP contribution in [0.15, 0.2) is 42.6 Å². The molecule has 0 bridgehead atoms. The number of sulfonamides is 1. The SMILES string of the molecule is CC1CN(c2ccc(OC(F)(F)F)cc2)CN1Cc1ccnc(NS(C)(=O)=O)c1. The van der Waals surface area contributed by atoms with Crippen molar-refractivity contribution in [3.63, 3.8) is 0 Å². The Balaban J connectivity index is 1.65. The summed E-state index contributed by atoms with van der Waals surface area (Å²) in [5.41, 5.74) is 1.69. The summed E-state index contributed by atoms with van der Waals surface area (Å²) in [5, 5.41) is 0. The third kappa shape index (κ3) is 6.23. The van der Waals surface area contributed by atoms with E-state index >= 15 is 0 Å². The number of anilines is 2. The van der Waals surface area contributed by atoms with Crippen LogP contribution in [-0.4, -0.2) is 50.2 Å². The summed E-state index contributed by atoms with van der Waals surface area (Å²) in [6.45, 7) is 3.92. The fraction of sp³-hybridized carbons (Fsp3) is 0.389. The molecule has 1 unspecified atom stereocenters. The van der Waals surface area contributed by atoms with Crippen molar-refractivity contribution in [3.05, 3.63) is 48.2 Å². The molecule has 2 heterocycles. The molecule has 0 saturated carbocycles. The Kier molecular flexibility index (Phi) is 5.90. The predicted molar refractivity (Wildman–Crippen MR) is 103 cm³/mol. The standard InChI is InChI=1S/C18H21F3N4O3S/c1-13-10-25(15-3-5-16(6-4-15)28-18(19,20)21)12-24(13)11-14-7-8-22-17(9-14)23-29(2,26)27/h3-9,13H,10-12H2,1-2H3,(H,22,23). The summed E-state index contributed by atoms with van der Waals surface area (Å²) in [5.74, 6) is 0.00185. The fourth-order valence-electron chi connectivity index (χ4n) is 3.16. The lowest BCUT2D eigenvalue weighted by molar-refractivity contribution is -0.274. The molecule has 1 aliphatic rings. The predicted octanol–water partition coefficient (Wildman–Crippen LogP) is 3.02. The van der Waals surface area contributed by atoms with Gasteiger partial charge in [-0.05, 0) is 48.9 Å². The Labute approximate surface area is 167 Å². The molecule has 2 aromatic rings. The number of hydrogen-bond acceptors (Lipinski definition) is 6. The van der Waals surface area contributed by atoms with Crippen LogP contribution >= 0.6 is 0 Å². The van der Waals surface area contributed by atoms with E-state index in [1.807, 2.05) is 6.07 Å². The molecule has 1 atom stereocenters. The molecule has 3 rings (SSSR count). The van der Waals surface area contributed by atoms with Crippen molar-refractivity contribution in [2.75, 3.05) is 29.1 Å². The number of pyridine rings is 1. The minimum absolute atomic E-state index is 0.195. The zero-order valence-corrected chi connectivity index (χ0v) is 16.7. The average Bonchev–Trinajstić information content (AvgIpc) is 2.93. The van der Waals surface area contributed by atoms with Crippen LogP contribution in [0.4, 0.5) is 24.7 Å². The number of rotatable bonds is 6. The van der Waals surface area contributed by atoms with Crippen LogP contribution in [0.1, 0.15) is 12.5 Å². The number of nitrogens with one attached hydrogen (secondary N) is 1. The van der Waals surface area contributed by atoms with Crippen molar-refractivity contribution < 1.29 is 26.3 Å². The summed E-state index contributed by atoms with van der Waals surface area (Å²) < 4.78 is 65.9. The van der Waals surface area contributed by atoms with Gasteiger partial charge < -0.3 is 9.64 Å². The zero-order valence-electron chi connectivity index (χ0n) is 15.8. The highest BCUT2D eigenvalue weighted by Crippen LogP contribution is 2.28. The molecule has 1 saturated heterocycles. The summed E-state index contributed by atoms with van der Waals surface area (Å²) >= 11 is 0. The van der Waals surface area contributed by atoms with Crippen molar-refractivity contribution in [1.29, 1.82) is 0 Å². The van der Waals surface area contributed by atoms with Gasteiger partial charge in [0.15, 0.2) is 0 Å². The molecule has 158 valence electrons. The van der Waals surface area contributed by atoms with Gasteiger partial charge in [0.25, 0.3) is 0 Å². The quantitative estimate of drug-likeness (QED) is 0.760. The van der Waals surface area contributed by atoms with Crippen LogP contribution in [0.3, 0.4) is 0 Å². The topological polar surface area (TPSA) is 74.8 Å². The second kappa shape index (κ2) is 8.07. The highest BCUT2D eigenvalue weighted by Gasteiger charge is 2.31. The van der Waals surface area contributed by atoms with Crippen molar-refractivity contribution >= 4 is 21.5 Å². The van der Waals surface area contributed by atoms with Crippen LogP contribution in [0.5, 0.6) is 5.75 Å². The Bertz CT molecular complexity index is 952. The third-order valence-electron chi connectivity index (χ3n) is 4.40. The first kappa shape index (κ1) is 21.2. The maximum atomic E-state index is 12.3. The molecule has 1 aliphatic heterocycles. The Morgan fingerprint density at radius 3 is 2.55 bits per heavy atom. The lowest BCUT2D eigenvalue weighted by Gasteiger charge is -2.21. The van der Waals surface area contributed by atoms with E-state index in [0.717, 1.165) is 17.5 Å². The van der Waals surface area contributed by atoms with Gasteiger partial charge in [-0.2, -0.15) is 0 Å². The molecule has 11 heteroatoms. The van der Waals surface area contributed by atoms with Crippen LogP contribution < -0.4 is 14.4 Å². The largest absolute Gasteiger partial charge is 0.573 e. The number of benzene rings is 1. The van der Waals surface area contributed by atoms with Gasteiger partial charge in [0.2, 0.25) is 10.0 Å². The van der Waals surface area contributed by atoms with E-state index in [9.17, 15) is 21.6 Å². The van der Waals surface area contributed by atoms with Crippen LogP contribution in [0.25, 0.3) is 0 Å². The molecule has 0 spiro atoms. The van der Waals surface area contributed by atoms with E-state index in [0.29, 0.717) is 19.8 Å². The summed E-state index contributed by atoms with van der Waals surface area (Å²) in [7, 11) is -3.41. The second-order valence-electron chi connectivity index (χ2n) is 6.92. The van der Waals surface area contributed by atoms with Crippen LogP contribution in [0.2, 0.25) is 0 Å². The molecular weight excluding hydrogens is 409 g/mol. The summed E-state index contributed by atoms with van der Waals surface area (Å²) in [6.07, 6.45) is -2.11. The number of nitrogens with zero attached hydrogens (tertiary/aromatic N) is 3. The van der Waals surface area contributed by atoms with Crippen molar-refractivity contribution in [3.8, 4) is 5.75 Å². The number of hydrogen-bond donors (Lipinski definition) is 1. The van der Waals surface area contributed by atoms with Crippen LogP contribution in [0, 0.1) is 0 Å². The van der Waals surface area contributed by atoms with Gasteiger partial charge in [0.1, 0.15) is 11.6 Å². The smallest absolute Gasteiger partial charge is 0.406 e. The first-order valence-corrected chi connectivity index (χ1v) is 10.7. The van der Waals surface area contributed by atoms with Crippen molar-refractivity contribution in [1.82, 2.24) is 9.88 Å². The maximum absolute atomic E-state index is 12.3. The molecule has 7 nitrogen and oxygen atoms in total. The normalized spacial score (nSPS) is 18.1. The number of alkyl halides is 3. The maximum Gasteiger partial charge on any atom is 0.573 e. The van der Waals surface area contributed by atoms with Crippen molar-refractivity contribution in [2.24, 2.45) is 0 Å². The molecule has 1 N–H and O–H groups in total. The van der Waals surface area contributed by atoms with Gasteiger partial charge in [-0.25, -0.2) is 13.4 Å². The third-order valence-corrected chi connectivity index (χ3v) is 4.98. The monoisotopic (exact) mass is 430 g/mol. The fourth-order valence-corrected chi connectivity index (χ4v) is 3.65. The van der Waals surface area contributed by atoms with E-state index in [2.05, 4.69) is 31.2 Å². The molecule has 0 aliphatic carbocycles. The first-order chi connectivity index (χ1) is 13.5. The highest BCUT2D eigenvalue weighted by atomic mass is 32.2. The summed E-state index contributed by atoms with van der Waals surface area (Å²) in [4.78, 5) is 8.24. The van der Waals surface area contributed by atoms with Gasteiger partial charge in [0.05, 0.1) is 12.9 Å². The van der Waals surface area contributed by atoms with Crippen molar-refractivity contribution in [2.45, 2.75) is 25.9 Å². The number of aromatic nitrogens is 1. The van der Waals surface area contributed by atoms with Gasteiger partial charge in [0, 0.05) is 31.0 Å². The molecule has 1 aromatic heterocycles. The lowest BCUT2D eigenvalue weighted by Crippen LogP contribution is -2.28. The lowest BCUT2D eigenvalue weighted by atomic mass is 10.2. The minimum atomic E-state index is -4.71. The molecule has 1 fully saturated rings. The first-order valence-electron chi connectivity index (χ1n) is 8.76. The van der Waals surface area contributed by atoms with E-state index in [4.69, 9.17) is 0 Å². The minimum Gasteiger partial charge on any atom is -0.406 e.